The number of nitrogens with one attached hydrogen (secondary N) is 1. The zero-order valence-corrected chi connectivity index (χ0v) is 15.9. The molecule has 3 rings (SSSR count). The largest absolute Gasteiger partial charge is 0.493 e. The third-order valence-corrected chi connectivity index (χ3v) is 4.86. The van der Waals surface area contributed by atoms with Gasteiger partial charge in [0.25, 0.3) is 5.91 Å². The molecule has 0 spiro atoms. The highest BCUT2D eigenvalue weighted by Crippen LogP contribution is 2.32. The Hall–Kier alpha value is -2.84. The lowest BCUT2D eigenvalue weighted by molar-refractivity contribution is -0.115. The summed E-state index contributed by atoms with van der Waals surface area (Å²) in [5, 5.41) is 11.6. The van der Waals surface area contributed by atoms with Crippen LogP contribution in [0.5, 0.6) is 11.5 Å². The minimum absolute atomic E-state index is 0.199. The van der Waals surface area contributed by atoms with Crippen molar-refractivity contribution in [3.8, 4) is 11.5 Å². The fraction of sp³-hybridized carbons (Fsp3) is 0.105. The molecule has 8 heteroatoms. The first kappa shape index (κ1) is 18.9. The number of thioether (sulfide) groups is 1. The molecular formula is C19H15NO5S2. The topological polar surface area (TPSA) is 84.9 Å². The average Bonchev–Trinajstić information content (AvgIpc) is 2.97. The van der Waals surface area contributed by atoms with E-state index in [4.69, 9.17) is 26.8 Å². The van der Waals surface area contributed by atoms with Crippen LogP contribution in [-0.4, -0.2) is 28.4 Å². The predicted octanol–water partition coefficient (Wildman–Crippen LogP) is 3.46. The van der Waals surface area contributed by atoms with E-state index in [1.165, 1.54) is 24.9 Å². The number of methoxy groups -OCH3 is 1. The van der Waals surface area contributed by atoms with Gasteiger partial charge in [-0.1, -0.05) is 42.2 Å². The molecule has 0 aromatic heterocycles. The molecule has 1 aliphatic heterocycles. The number of carboxylic acids is 1. The van der Waals surface area contributed by atoms with Crippen molar-refractivity contribution in [1.29, 1.82) is 0 Å². The molecule has 6 nitrogen and oxygen atoms in total. The smallest absolute Gasteiger partial charge is 0.335 e. The van der Waals surface area contributed by atoms with Crippen LogP contribution in [0.4, 0.5) is 0 Å². The Kier molecular flexibility index (Phi) is 5.78. The van der Waals surface area contributed by atoms with E-state index in [0.717, 1.165) is 11.1 Å². The fourth-order valence-electron chi connectivity index (χ4n) is 2.42. The van der Waals surface area contributed by atoms with Crippen LogP contribution in [0.15, 0.2) is 47.4 Å². The average molecular weight is 401 g/mol. The van der Waals surface area contributed by atoms with Crippen molar-refractivity contribution in [3.63, 3.8) is 0 Å². The lowest BCUT2D eigenvalue weighted by atomic mass is 10.1. The van der Waals surface area contributed by atoms with Crippen LogP contribution in [0.2, 0.25) is 0 Å². The van der Waals surface area contributed by atoms with Gasteiger partial charge in [0.15, 0.2) is 11.5 Å². The zero-order chi connectivity index (χ0) is 19.4. The number of carbonyl (C=O) groups is 2. The van der Waals surface area contributed by atoms with Gasteiger partial charge in [-0.2, -0.15) is 0 Å². The molecule has 27 heavy (non-hydrogen) atoms. The van der Waals surface area contributed by atoms with Crippen molar-refractivity contribution in [1.82, 2.24) is 5.32 Å². The second-order valence-corrected chi connectivity index (χ2v) is 7.28. The molecule has 2 aromatic rings. The minimum Gasteiger partial charge on any atom is -0.493 e. The fourth-order valence-corrected chi connectivity index (χ4v) is 3.47. The van der Waals surface area contributed by atoms with E-state index in [9.17, 15) is 9.59 Å². The maximum Gasteiger partial charge on any atom is 0.335 e. The molecule has 0 atom stereocenters. The van der Waals surface area contributed by atoms with Crippen LogP contribution in [-0.2, 0) is 11.4 Å². The number of aromatic carboxylic acids is 1. The molecule has 2 aromatic carbocycles. The van der Waals surface area contributed by atoms with Crippen molar-refractivity contribution >= 4 is 46.3 Å². The maximum atomic E-state index is 11.8. The van der Waals surface area contributed by atoms with Crippen LogP contribution in [0.3, 0.4) is 0 Å². The highest BCUT2D eigenvalue weighted by molar-refractivity contribution is 8.26. The number of hydrogen-bond acceptors (Lipinski definition) is 6. The van der Waals surface area contributed by atoms with E-state index in [1.807, 2.05) is 0 Å². The first-order valence-electron chi connectivity index (χ1n) is 7.84. The zero-order valence-electron chi connectivity index (χ0n) is 14.2. The Morgan fingerprint density at radius 1 is 1.26 bits per heavy atom. The second-order valence-electron chi connectivity index (χ2n) is 5.56. The molecule has 1 heterocycles. The Bertz CT molecular complexity index is 955. The summed E-state index contributed by atoms with van der Waals surface area (Å²) < 4.78 is 11.6. The number of amides is 1. The monoisotopic (exact) mass is 401 g/mol. The van der Waals surface area contributed by atoms with Gasteiger partial charge in [0.2, 0.25) is 0 Å². The van der Waals surface area contributed by atoms with Gasteiger partial charge < -0.3 is 19.9 Å². The number of benzene rings is 2. The Labute approximate surface area is 165 Å². The van der Waals surface area contributed by atoms with Gasteiger partial charge in [0.05, 0.1) is 17.6 Å². The van der Waals surface area contributed by atoms with Crippen LogP contribution >= 0.6 is 24.0 Å². The molecule has 138 valence electrons. The summed E-state index contributed by atoms with van der Waals surface area (Å²) in [6.07, 6.45) is 1.72. The van der Waals surface area contributed by atoms with Gasteiger partial charge in [-0.05, 0) is 41.5 Å². The van der Waals surface area contributed by atoms with Gasteiger partial charge in [0, 0.05) is 0 Å². The van der Waals surface area contributed by atoms with E-state index in [0.29, 0.717) is 20.7 Å². The number of ether oxygens (including phenoxy) is 2. The quantitative estimate of drug-likeness (QED) is 0.566. The molecule has 1 amide bonds. The van der Waals surface area contributed by atoms with Crippen molar-refractivity contribution < 1.29 is 24.2 Å². The molecule has 0 radical (unpaired) electrons. The molecule has 0 aliphatic carbocycles. The van der Waals surface area contributed by atoms with Gasteiger partial charge in [-0.25, -0.2) is 4.79 Å². The van der Waals surface area contributed by atoms with E-state index in [1.54, 1.807) is 42.5 Å². The van der Waals surface area contributed by atoms with E-state index < -0.39 is 5.97 Å². The Balaban J connectivity index is 1.76. The summed E-state index contributed by atoms with van der Waals surface area (Å²) in [7, 11) is 1.52. The Morgan fingerprint density at radius 3 is 2.74 bits per heavy atom. The van der Waals surface area contributed by atoms with Gasteiger partial charge in [-0.15, -0.1) is 0 Å². The predicted molar refractivity (Wildman–Crippen MR) is 107 cm³/mol. The summed E-state index contributed by atoms with van der Waals surface area (Å²) >= 11 is 6.18. The van der Waals surface area contributed by atoms with Crippen molar-refractivity contribution in [2.45, 2.75) is 6.61 Å². The normalized spacial score (nSPS) is 14.9. The van der Waals surface area contributed by atoms with Crippen molar-refractivity contribution in [2.24, 2.45) is 0 Å². The van der Waals surface area contributed by atoms with Gasteiger partial charge in [-0.3, -0.25) is 4.79 Å². The molecule has 1 fully saturated rings. The molecule has 0 bridgehead atoms. The molecular weight excluding hydrogens is 386 g/mol. The number of carboxylic acid groups (broad SMARTS) is 1. The Morgan fingerprint density at radius 2 is 2.07 bits per heavy atom. The summed E-state index contributed by atoms with van der Waals surface area (Å²) in [6.45, 7) is 0.199. The van der Waals surface area contributed by atoms with E-state index in [-0.39, 0.29) is 18.1 Å². The summed E-state index contributed by atoms with van der Waals surface area (Å²) in [5.74, 6) is -0.188. The van der Waals surface area contributed by atoms with Crippen LogP contribution in [0.25, 0.3) is 6.08 Å². The van der Waals surface area contributed by atoms with Crippen LogP contribution in [0, 0.1) is 0 Å². The first-order valence-corrected chi connectivity index (χ1v) is 9.06. The third-order valence-electron chi connectivity index (χ3n) is 3.70. The summed E-state index contributed by atoms with van der Waals surface area (Å²) in [6, 6.07) is 11.8. The second kappa shape index (κ2) is 8.24. The van der Waals surface area contributed by atoms with Gasteiger partial charge >= 0.3 is 5.97 Å². The minimum atomic E-state index is -0.986. The molecule has 1 saturated heterocycles. The molecule has 0 saturated carbocycles. The van der Waals surface area contributed by atoms with Crippen molar-refractivity contribution in [2.75, 3.05) is 7.11 Å². The van der Waals surface area contributed by atoms with Crippen molar-refractivity contribution in [3.05, 3.63) is 64.1 Å². The van der Waals surface area contributed by atoms with Crippen LogP contribution < -0.4 is 14.8 Å². The lowest BCUT2D eigenvalue weighted by Crippen LogP contribution is -2.17. The number of rotatable bonds is 6. The summed E-state index contributed by atoms with van der Waals surface area (Å²) in [4.78, 5) is 23.3. The first-order chi connectivity index (χ1) is 13.0. The SMILES string of the molecule is COc1cc(/C=C2/SC(=S)NC2=O)ccc1OCc1cccc(C(=O)O)c1. The molecule has 2 N–H and O–H groups in total. The molecule has 0 unspecified atom stereocenters. The number of carbonyl (C=O) groups excluding carboxylic acids is 1. The maximum absolute atomic E-state index is 11.8. The van der Waals surface area contributed by atoms with Gasteiger partial charge in [0.1, 0.15) is 10.9 Å². The third kappa shape index (κ3) is 4.66. The standard InChI is InChI=1S/C19H15NO5S2/c1-24-15-8-11(9-16-17(21)20-19(26)27-16)5-6-14(15)25-10-12-3-2-4-13(7-12)18(22)23/h2-9H,10H2,1H3,(H,22,23)(H,20,21,26)/b16-9+. The van der Waals surface area contributed by atoms with E-state index >= 15 is 0 Å². The number of hydrogen-bond donors (Lipinski definition) is 2. The molecule has 1 aliphatic rings. The highest BCUT2D eigenvalue weighted by Gasteiger charge is 2.22. The van der Waals surface area contributed by atoms with E-state index in [2.05, 4.69) is 5.32 Å². The summed E-state index contributed by atoms with van der Waals surface area (Å²) in [5.41, 5.74) is 1.71. The number of thiocarbonyl (C=S) groups is 1. The lowest BCUT2D eigenvalue weighted by Gasteiger charge is -2.12. The van der Waals surface area contributed by atoms with Crippen LogP contribution in [0.1, 0.15) is 21.5 Å². The highest BCUT2D eigenvalue weighted by atomic mass is 32.2.